The molecule has 0 saturated carbocycles. The van der Waals surface area contributed by atoms with Crippen LogP contribution in [0.5, 0.6) is 0 Å². The summed E-state index contributed by atoms with van der Waals surface area (Å²) < 4.78 is 0. The Kier molecular flexibility index (Phi) is 1.43. The van der Waals surface area contributed by atoms with Crippen molar-refractivity contribution in [1.29, 1.82) is 0 Å². The van der Waals surface area contributed by atoms with Gasteiger partial charge in [0, 0.05) is 0 Å². The van der Waals surface area contributed by atoms with Gasteiger partial charge in [-0.2, -0.15) is 0 Å². The van der Waals surface area contributed by atoms with Crippen LogP contribution in [0.15, 0.2) is 35.7 Å². The third kappa shape index (κ3) is 1.14. The second kappa shape index (κ2) is 2.43. The highest BCUT2D eigenvalue weighted by Gasteiger charge is 2.12. The van der Waals surface area contributed by atoms with Gasteiger partial charge in [0.1, 0.15) is 0 Å². The molecule has 3 N–H and O–H groups in total. The summed E-state index contributed by atoms with van der Waals surface area (Å²) in [5.74, 6) is 0.493. The number of hydrazine groups is 2. The molecule has 0 bridgehead atoms. The van der Waals surface area contributed by atoms with E-state index in [1.54, 1.807) is 0 Å². The molecule has 1 aliphatic carbocycles. The van der Waals surface area contributed by atoms with E-state index in [2.05, 4.69) is 41.5 Å². The summed E-state index contributed by atoms with van der Waals surface area (Å²) in [5, 5.41) is 0. The molecule has 1 saturated heterocycles. The van der Waals surface area contributed by atoms with E-state index in [1.165, 1.54) is 0 Å². The van der Waals surface area contributed by atoms with Crippen molar-refractivity contribution >= 4 is 0 Å². The summed E-state index contributed by atoms with van der Waals surface area (Å²) >= 11 is 0. The Morgan fingerprint density at radius 2 is 2.09 bits per heavy atom. The zero-order chi connectivity index (χ0) is 7.68. The predicted octanol–water partition coefficient (Wildman–Crippen LogP) is 0.573. The van der Waals surface area contributed by atoms with Crippen LogP contribution in [0.2, 0.25) is 0 Å². The molecule has 2 rings (SSSR count). The van der Waals surface area contributed by atoms with Crippen LogP contribution in [-0.2, 0) is 0 Å². The maximum Gasteiger partial charge on any atom is 0.0747 e. The maximum absolute atomic E-state index is 3.02. The van der Waals surface area contributed by atoms with Gasteiger partial charge in [-0.15, -0.1) is 5.53 Å². The lowest BCUT2D eigenvalue weighted by molar-refractivity contribution is 0.616. The molecule has 1 atom stereocenters. The zero-order valence-electron chi connectivity index (χ0n) is 6.39. The first kappa shape index (κ1) is 6.49. The van der Waals surface area contributed by atoms with E-state index in [9.17, 15) is 0 Å². The minimum Gasteiger partial charge on any atom is -0.302 e. The van der Waals surface area contributed by atoms with Gasteiger partial charge in [0.25, 0.3) is 0 Å². The molecule has 3 heteroatoms. The minimum atomic E-state index is 0.493. The molecule has 0 aromatic heterocycles. The van der Waals surface area contributed by atoms with Crippen molar-refractivity contribution in [1.82, 2.24) is 16.4 Å². The molecule has 3 nitrogen and oxygen atoms in total. The first-order valence-electron chi connectivity index (χ1n) is 3.74. The van der Waals surface area contributed by atoms with Gasteiger partial charge in [-0.3, -0.25) is 0 Å². The van der Waals surface area contributed by atoms with Crippen LogP contribution in [0.25, 0.3) is 0 Å². The van der Waals surface area contributed by atoms with Crippen molar-refractivity contribution in [2.24, 2.45) is 5.92 Å². The fraction of sp³-hybridized carbons (Fsp3) is 0.250. The van der Waals surface area contributed by atoms with E-state index >= 15 is 0 Å². The molecule has 1 unspecified atom stereocenters. The third-order valence-electron chi connectivity index (χ3n) is 1.79. The smallest absolute Gasteiger partial charge is 0.0747 e. The number of nitrogens with one attached hydrogen (secondary N) is 3. The number of allylic oxidation sites excluding steroid dienone is 4. The lowest BCUT2D eigenvalue weighted by Gasteiger charge is -1.98. The van der Waals surface area contributed by atoms with Gasteiger partial charge in [0.15, 0.2) is 0 Å². The number of hydrogen-bond acceptors (Lipinski definition) is 3. The first-order valence-corrected chi connectivity index (χ1v) is 3.74. The summed E-state index contributed by atoms with van der Waals surface area (Å²) in [7, 11) is 0. The molecule has 1 heterocycles. The molecule has 1 fully saturated rings. The van der Waals surface area contributed by atoms with Crippen molar-refractivity contribution < 1.29 is 0 Å². The van der Waals surface area contributed by atoms with E-state index in [0.717, 1.165) is 11.4 Å². The largest absolute Gasteiger partial charge is 0.302 e. The van der Waals surface area contributed by atoms with Crippen LogP contribution in [0.4, 0.5) is 0 Å². The molecule has 58 valence electrons. The van der Waals surface area contributed by atoms with Gasteiger partial charge in [-0.1, -0.05) is 25.2 Å². The van der Waals surface area contributed by atoms with Gasteiger partial charge in [0.2, 0.25) is 0 Å². The second-order valence-corrected chi connectivity index (χ2v) is 2.78. The monoisotopic (exact) mass is 149 g/mol. The highest BCUT2D eigenvalue weighted by atomic mass is 15.6. The van der Waals surface area contributed by atoms with Crippen molar-refractivity contribution in [3.8, 4) is 0 Å². The molecule has 0 amide bonds. The average molecular weight is 149 g/mol. The van der Waals surface area contributed by atoms with Gasteiger partial charge in [-0.05, 0) is 12.0 Å². The van der Waals surface area contributed by atoms with Crippen LogP contribution >= 0.6 is 0 Å². The quantitative estimate of drug-likeness (QED) is 0.471. The summed E-state index contributed by atoms with van der Waals surface area (Å²) in [4.78, 5) is 0. The predicted molar refractivity (Wildman–Crippen MR) is 43.9 cm³/mol. The summed E-state index contributed by atoms with van der Waals surface area (Å²) in [6, 6.07) is 0. The summed E-state index contributed by atoms with van der Waals surface area (Å²) in [5.41, 5.74) is 11.1. The Morgan fingerprint density at radius 1 is 1.27 bits per heavy atom. The summed E-state index contributed by atoms with van der Waals surface area (Å²) in [6.45, 7) is 2.15. The van der Waals surface area contributed by atoms with Crippen molar-refractivity contribution in [3.63, 3.8) is 0 Å². The highest BCUT2D eigenvalue weighted by molar-refractivity contribution is 5.36. The highest BCUT2D eigenvalue weighted by Crippen LogP contribution is 2.14. The number of rotatable bonds is 0. The topological polar surface area (TPSA) is 36.1 Å². The lowest BCUT2D eigenvalue weighted by atomic mass is 10.1. The molecule has 0 aromatic rings. The van der Waals surface area contributed by atoms with E-state index < -0.39 is 0 Å². The van der Waals surface area contributed by atoms with Crippen LogP contribution in [-0.4, -0.2) is 0 Å². The lowest BCUT2D eigenvalue weighted by Crippen LogP contribution is -2.29. The Labute approximate surface area is 65.8 Å². The van der Waals surface area contributed by atoms with Crippen molar-refractivity contribution in [2.45, 2.75) is 6.92 Å². The molecule has 0 radical (unpaired) electrons. The fourth-order valence-corrected chi connectivity index (χ4v) is 1.21. The Balaban J connectivity index is 2.34. The average Bonchev–Trinajstić information content (AvgIpc) is 2.31. The van der Waals surface area contributed by atoms with E-state index in [1.807, 2.05) is 6.08 Å². The zero-order valence-corrected chi connectivity index (χ0v) is 6.39. The third-order valence-corrected chi connectivity index (χ3v) is 1.79. The Morgan fingerprint density at radius 3 is 3.00 bits per heavy atom. The molecule has 0 aromatic carbocycles. The Bertz CT molecular complexity index is 250. The van der Waals surface area contributed by atoms with Gasteiger partial charge < -0.3 is 10.9 Å². The van der Waals surface area contributed by atoms with Crippen molar-refractivity contribution in [2.75, 3.05) is 0 Å². The summed E-state index contributed by atoms with van der Waals surface area (Å²) in [6.07, 6.45) is 8.43. The van der Waals surface area contributed by atoms with E-state index in [-0.39, 0.29) is 0 Å². The normalized spacial score (nSPS) is 27.5. The standard InChI is InChI=1S/C8H11N3/c1-6-3-2-4-7-8(5-6)10-11-9-7/h2-6,9-11H,1H3. The van der Waals surface area contributed by atoms with E-state index in [0.29, 0.717) is 5.92 Å². The van der Waals surface area contributed by atoms with Crippen LogP contribution in [0.1, 0.15) is 6.92 Å². The molecule has 11 heavy (non-hydrogen) atoms. The molecular weight excluding hydrogens is 138 g/mol. The minimum absolute atomic E-state index is 0.493. The molecule has 0 spiro atoms. The molecule has 2 aliphatic rings. The molecular formula is C8H11N3. The first-order chi connectivity index (χ1) is 5.36. The van der Waals surface area contributed by atoms with Gasteiger partial charge in [0.05, 0.1) is 11.4 Å². The van der Waals surface area contributed by atoms with Gasteiger partial charge >= 0.3 is 0 Å². The number of fused-ring (bicyclic) bond motifs is 1. The SMILES string of the molecule is CC1C=CC=C2NNNC2=C1. The van der Waals surface area contributed by atoms with Crippen LogP contribution < -0.4 is 16.4 Å². The van der Waals surface area contributed by atoms with E-state index in [4.69, 9.17) is 0 Å². The maximum atomic E-state index is 3.02. The Hall–Kier alpha value is -1.22. The second-order valence-electron chi connectivity index (χ2n) is 2.78. The number of hydrogen-bond donors (Lipinski definition) is 3. The fourth-order valence-electron chi connectivity index (χ4n) is 1.21. The van der Waals surface area contributed by atoms with Gasteiger partial charge in [-0.25, -0.2) is 0 Å². The van der Waals surface area contributed by atoms with Crippen molar-refractivity contribution in [3.05, 3.63) is 35.7 Å². The van der Waals surface area contributed by atoms with Crippen LogP contribution in [0.3, 0.4) is 0 Å². The molecule has 1 aliphatic heterocycles. The van der Waals surface area contributed by atoms with Crippen LogP contribution in [0, 0.1) is 5.92 Å².